The van der Waals surface area contributed by atoms with Crippen molar-refractivity contribution in [1.29, 1.82) is 0 Å². The molecule has 50 atom stereocenters. The molecule has 0 spiro atoms. The average molecular weight is 1680 g/mol. The average Bonchev–Trinajstić information content (AvgIpc) is 0.725. The topological polar surface area (TPSA) is 811 Å². The molecule has 51 nitrogen and oxygen atoms in total. The van der Waals surface area contributed by atoms with E-state index in [0.717, 1.165) is 6.92 Å². The van der Waals surface area contributed by atoms with Crippen LogP contribution in [0.1, 0.15) is 13.8 Å². The smallest absolute Gasteiger partial charge is 0.217 e. The lowest BCUT2D eigenvalue weighted by molar-refractivity contribution is -0.407. The molecule has 10 aliphatic rings. The van der Waals surface area contributed by atoms with Crippen LogP contribution < -0.4 is 5.32 Å². The fourth-order valence-electron chi connectivity index (χ4n) is 14.8. The molecule has 664 valence electrons. The standard InChI is InChI=1S/C63H107NO50/c1-13-25(64-14(2)73)35(83)48(22(10-72)98-13)108-59-47(95)50(110-62-54(42(90)32(80)20(8-70)104-62)114-63-53(41(89)31(79)21(9-71)105-63)113-58-45(93)38(86)28(76)17(5-67)101-58)34(82)24(107-59)11-96-55-46(94)49(109-61-52(40(88)30(78)19(7-69)103-61)112-57-44(92)37(85)27(75)16(4-66)100-57)33(81)23(106-55)12-97-60-51(39(87)29(77)18(6-68)102-60)111-56-43(91)36(84)26(74)15(3-65)99-56/h13,15-63,65-72,74-95H,3-12H2,1-2H3,(H,64,73)/t13-,15?,16-,17-,18?,19-,20-,21-,22?,23?,24?,25?,26+,27+,28+,29+,30+,31+,32+,33+,34+,35+,36-,37?,38?,39-,40?,41?,42?,43?,44?,45?,46?,47?,48+,49-,50-,51?,52?,53?,54?,55-,56+,57+,58+,59-,60-,61+,62+,63+/m0/s1. The molecule has 0 aromatic rings. The molecule has 1 amide bonds. The molecular weight excluding hydrogens is 1570 g/mol. The van der Waals surface area contributed by atoms with Crippen molar-refractivity contribution < 1.29 is 248 Å². The quantitative estimate of drug-likeness (QED) is 0.0331. The van der Waals surface area contributed by atoms with Crippen LogP contribution in [-0.2, 0) is 94.8 Å². The zero-order chi connectivity index (χ0) is 83.7. The van der Waals surface area contributed by atoms with Gasteiger partial charge in [-0.25, -0.2) is 0 Å². The predicted molar refractivity (Wildman–Crippen MR) is 345 cm³/mol. The second-order valence-electron chi connectivity index (χ2n) is 29.1. The normalized spacial score (nSPS) is 52.6. The summed E-state index contributed by atoms with van der Waals surface area (Å²) in [6.07, 6.45) is -104. The van der Waals surface area contributed by atoms with E-state index in [1.165, 1.54) is 6.92 Å². The summed E-state index contributed by atoms with van der Waals surface area (Å²) in [5.41, 5.74) is 0. The second-order valence-corrected chi connectivity index (χ2v) is 29.1. The van der Waals surface area contributed by atoms with Crippen molar-refractivity contribution in [2.75, 3.05) is 66.1 Å². The number of aliphatic hydroxyl groups excluding tert-OH is 30. The molecule has 10 aliphatic heterocycles. The van der Waals surface area contributed by atoms with Gasteiger partial charge in [0.05, 0.1) is 78.2 Å². The van der Waals surface area contributed by atoms with Crippen LogP contribution in [0.15, 0.2) is 0 Å². The van der Waals surface area contributed by atoms with Crippen molar-refractivity contribution in [1.82, 2.24) is 5.32 Å². The van der Waals surface area contributed by atoms with Crippen LogP contribution >= 0.6 is 0 Å². The number of ether oxygens (including phenoxy) is 19. The van der Waals surface area contributed by atoms with Crippen molar-refractivity contribution >= 4 is 5.91 Å². The first-order valence-corrected chi connectivity index (χ1v) is 36.5. The van der Waals surface area contributed by atoms with Gasteiger partial charge in [-0.15, -0.1) is 0 Å². The number of carbonyl (C=O) groups excluding carboxylic acids is 1. The highest BCUT2D eigenvalue weighted by molar-refractivity contribution is 5.73. The van der Waals surface area contributed by atoms with Gasteiger partial charge < -0.3 is 249 Å². The Morgan fingerprint density at radius 3 is 0.798 bits per heavy atom. The lowest BCUT2D eigenvalue weighted by atomic mass is 9.92. The van der Waals surface area contributed by atoms with Crippen LogP contribution in [0.3, 0.4) is 0 Å². The van der Waals surface area contributed by atoms with E-state index in [0.29, 0.717) is 0 Å². The summed E-state index contributed by atoms with van der Waals surface area (Å²) < 4.78 is 112. The summed E-state index contributed by atoms with van der Waals surface area (Å²) >= 11 is 0. The first-order valence-electron chi connectivity index (χ1n) is 36.5. The molecule has 10 heterocycles. The second kappa shape index (κ2) is 40.7. The van der Waals surface area contributed by atoms with Crippen LogP contribution in [0.2, 0.25) is 0 Å². The van der Waals surface area contributed by atoms with Gasteiger partial charge in [-0.05, 0) is 6.92 Å². The molecule has 0 aliphatic carbocycles. The van der Waals surface area contributed by atoms with Gasteiger partial charge in [0.2, 0.25) is 5.91 Å². The number of hydrogen-bond acceptors (Lipinski definition) is 50. The summed E-state index contributed by atoms with van der Waals surface area (Å²) in [5.74, 6) is -0.722. The van der Waals surface area contributed by atoms with Crippen LogP contribution in [0.4, 0.5) is 0 Å². The number of amides is 1. The van der Waals surface area contributed by atoms with Gasteiger partial charge in [0, 0.05) is 6.92 Å². The van der Waals surface area contributed by atoms with Crippen molar-refractivity contribution in [2.45, 2.75) is 321 Å². The van der Waals surface area contributed by atoms with Gasteiger partial charge in [-0.3, -0.25) is 4.79 Å². The summed E-state index contributed by atoms with van der Waals surface area (Å²) in [4.78, 5) is 12.5. The number of hydrogen-bond donors (Lipinski definition) is 31. The summed E-state index contributed by atoms with van der Waals surface area (Å²) in [7, 11) is 0. The molecule has 51 heteroatoms. The Morgan fingerprint density at radius 2 is 0.474 bits per heavy atom. The minimum absolute atomic E-state index is 0.722. The molecule has 114 heavy (non-hydrogen) atoms. The zero-order valence-electron chi connectivity index (χ0n) is 60.5. The SMILES string of the molecule is CC(=O)NC1[C@H](C)OC(CO)[C@@H](O[C@@H]2OC(CO[C@H]3OC(CO[C@H]4OC(CO)[C@@H](O)[C@H](O)C4O[C@H]4OC(CO)[C@@H](O)[C@H](O)C4O)[C@@H](O)[C@H](O[C@H]4O[C@@H](CO)[C@@H](O)C(O)C4O[C@H]4O[C@@H](CO)[C@@H](O)C(O)C4O)C3O)[C@@H](O)[C@H](O[C@H]3O[C@@H](CO)[C@@H](O)C(O)C3O[C@H]3O[C@@H](CO)[C@@H](O)C(O)C3O[C@H]3O[C@@H](CO)[C@@H](O)C(O)C3O)C2O)[C@@H]1O. The van der Waals surface area contributed by atoms with Gasteiger partial charge >= 0.3 is 0 Å². The fraction of sp³-hybridized carbons (Fsp3) is 0.984. The van der Waals surface area contributed by atoms with Gasteiger partial charge in [-0.2, -0.15) is 0 Å². The highest BCUT2D eigenvalue weighted by atomic mass is 16.8. The van der Waals surface area contributed by atoms with Crippen molar-refractivity contribution in [3.8, 4) is 0 Å². The lowest BCUT2D eigenvalue weighted by Crippen LogP contribution is -2.69. The maximum atomic E-state index is 12.6. The minimum Gasteiger partial charge on any atom is -0.394 e. The Labute approximate surface area is 644 Å². The first kappa shape index (κ1) is 93.8. The molecule has 0 saturated carbocycles. The van der Waals surface area contributed by atoms with Crippen molar-refractivity contribution in [2.24, 2.45) is 0 Å². The highest BCUT2D eigenvalue weighted by Gasteiger charge is 2.61. The third-order valence-corrected chi connectivity index (χ3v) is 21.5. The lowest BCUT2D eigenvalue weighted by Gasteiger charge is -2.50. The number of rotatable bonds is 29. The number of aliphatic hydroxyl groups is 30. The van der Waals surface area contributed by atoms with Crippen LogP contribution in [0.5, 0.6) is 0 Å². The van der Waals surface area contributed by atoms with E-state index in [-0.39, 0.29) is 0 Å². The fourth-order valence-corrected chi connectivity index (χ4v) is 14.8. The van der Waals surface area contributed by atoms with Crippen molar-refractivity contribution in [3.63, 3.8) is 0 Å². The van der Waals surface area contributed by atoms with E-state index in [9.17, 15) is 158 Å². The largest absolute Gasteiger partial charge is 0.394 e. The van der Waals surface area contributed by atoms with E-state index in [2.05, 4.69) is 5.32 Å². The summed E-state index contributed by atoms with van der Waals surface area (Å²) in [6.45, 7) is -8.51. The van der Waals surface area contributed by atoms with E-state index in [4.69, 9.17) is 90.0 Å². The Kier molecular flexibility index (Phi) is 33.5. The third-order valence-electron chi connectivity index (χ3n) is 21.5. The molecule has 10 saturated heterocycles. The zero-order valence-corrected chi connectivity index (χ0v) is 60.5. The number of nitrogens with one attached hydrogen (secondary N) is 1. The Hall–Kier alpha value is -2.49. The van der Waals surface area contributed by atoms with Crippen LogP contribution in [0.25, 0.3) is 0 Å². The van der Waals surface area contributed by atoms with Gasteiger partial charge in [0.15, 0.2) is 56.6 Å². The van der Waals surface area contributed by atoms with Crippen LogP contribution in [0, 0.1) is 0 Å². The Bertz CT molecular complexity index is 2910. The Balaban J connectivity index is 0.999. The third kappa shape index (κ3) is 19.8. The van der Waals surface area contributed by atoms with E-state index < -0.39 is 379 Å². The summed E-state index contributed by atoms with van der Waals surface area (Å²) in [6, 6.07) is -1.37. The minimum atomic E-state index is -2.54. The maximum Gasteiger partial charge on any atom is 0.217 e. The molecule has 31 N–H and O–H groups in total. The van der Waals surface area contributed by atoms with E-state index in [1.54, 1.807) is 0 Å². The predicted octanol–water partition coefficient (Wildman–Crippen LogP) is -21.6. The molecule has 0 bridgehead atoms. The summed E-state index contributed by atoms with van der Waals surface area (Å²) in [5, 5.41) is 334. The van der Waals surface area contributed by atoms with Gasteiger partial charge in [0.25, 0.3) is 0 Å². The molecule has 10 fully saturated rings. The molecular formula is C63H107NO50. The highest BCUT2D eigenvalue weighted by Crippen LogP contribution is 2.41. The molecule has 0 aromatic heterocycles. The Morgan fingerprint density at radius 1 is 0.237 bits per heavy atom. The first-order chi connectivity index (χ1) is 54.0. The van der Waals surface area contributed by atoms with E-state index in [1.807, 2.05) is 0 Å². The molecule has 0 radical (unpaired) electrons. The monoisotopic (exact) mass is 1680 g/mol. The van der Waals surface area contributed by atoms with Gasteiger partial charge in [-0.1, -0.05) is 0 Å². The van der Waals surface area contributed by atoms with E-state index >= 15 is 0 Å². The molecule has 20 unspecified atom stereocenters. The maximum absolute atomic E-state index is 12.6. The van der Waals surface area contributed by atoms with Gasteiger partial charge in [0.1, 0.15) is 238 Å². The number of carbonyl (C=O) groups is 1. The van der Waals surface area contributed by atoms with Crippen LogP contribution in [-0.4, -0.2) is 532 Å². The van der Waals surface area contributed by atoms with Crippen molar-refractivity contribution in [3.05, 3.63) is 0 Å². The molecule has 10 rings (SSSR count). The molecule has 0 aromatic carbocycles.